The van der Waals surface area contributed by atoms with Gasteiger partial charge in [0.15, 0.2) is 5.13 Å². The fraction of sp³-hybridized carbons (Fsp3) is 0.308. The van der Waals surface area contributed by atoms with E-state index in [0.717, 1.165) is 22.1 Å². The molecule has 0 unspecified atom stereocenters. The van der Waals surface area contributed by atoms with Crippen LogP contribution in [0, 0.1) is 16.0 Å². The molecule has 2 rings (SSSR count). The van der Waals surface area contributed by atoms with E-state index in [1.165, 1.54) is 17.4 Å². The molecule has 2 aromatic rings. The molecule has 1 aromatic heterocycles. The van der Waals surface area contributed by atoms with Crippen molar-refractivity contribution in [2.24, 2.45) is 5.92 Å². The predicted molar refractivity (Wildman–Crippen MR) is 77.5 cm³/mol. The molecule has 0 amide bonds. The summed E-state index contributed by atoms with van der Waals surface area (Å²) < 4.78 is 0. The Bertz CT molecular complexity index is 581. The third-order valence-corrected chi connectivity index (χ3v) is 3.51. The van der Waals surface area contributed by atoms with Crippen molar-refractivity contribution in [2.75, 3.05) is 11.9 Å². The van der Waals surface area contributed by atoms with Gasteiger partial charge in [0.05, 0.1) is 9.80 Å². The summed E-state index contributed by atoms with van der Waals surface area (Å²) in [5.74, 6) is 0.546. The number of thiazole rings is 1. The summed E-state index contributed by atoms with van der Waals surface area (Å²) in [7, 11) is 0. The molecule has 0 fully saturated rings. The quantitative estimate of drug-likeness (QED) is 0.667. The Kier molecular flexibility index (Phi) is 4.11. The van der Waals surface area contributed by atoms with E-state index in [-0.39, 0.29) is 10.6 Å². The molecule has 0 aliphatic rings. The van der Waals surface area contributed by atoms with Crippen molar-refractivity contribution in [3.8, 4) is 10.4 Å². The summed E-state index contributed by atoms with van der Waals surface area (Å²) in [6, 6.07) is 6.60. The van der Waals surface area contributed by atoms with Gasteiger partial charge in [-0.2, -0.15) is 0 Å². The van der Waals surface area contributed by atoms with E-state index in [9.17, 15) is 10.1 Å². The summed E-state index contributed by atoms with van der Waals surface area (Å²) in [5, 5.41) is 14.8. The second kappa shape index (κ2) is 5.79. The van der Waals surface area contributed by atoms with Gasteiger partial charge in [-0.05, 0) is 5.92 Å². The number of nitrogens with zero attached hydrogens (tertiary/aromatic N) is 2. The maximum Gasteiger partial charge on any atom is 0.270 e. The maximum absolute atomic E-state index is 10.7. The first-order valence-electron chi connectivity index (χ1n) is 6.01. The lowest BCUT2D eigenvalue weighted by Gasteiger charge is -2.04. The molecule has 1 N–H and O–H groups in total. The topological polar surface area (TPSA) is 68.1 Å². The van der Waals surface area contributed by atoms with Crippen molar-refractivity contribution in [1.29, 1.82) is 0 Å². The molecule has 0 saturated heterocycles. The van der Waals surface area contributed by atoms with E-state index >= 15 is 0 Å². The smallest absolute Gasteiger partial charge is 0.270 e. The molecule has 100 valence electrons. The standard InChI is InChI=1S/C13H15N3O2S/c1-9(2)7-14-13-15-8-12(19-13)10-4-3-5-11(6-10)16(17)18/h3-6,8-9H,7H2,1-2H3,(H,14,15). The second-order valence-corrected chi connectivity index (χ2v) is 5.64. The molecule has 0 aliphatic carbocycles. The fourth-order valence-electron chi connectivity index (χ4n) is 1.55. The molecule has 6 heteroatoms. The van der Waals surface area contributed by atoms with E-state index in [2.05, 4.69) is 24.1 Å². The molecule has 1 aromatic carbocycles. The number of benzene rings is 1. The van der Waals surface area contributed by atoms with Crippen LogP contribution in [0.1, 0.15) is 13.8 Å². The summed E-state index contributed by atoms with van der Waals surface area (Å²) in [4.78, 5) is 15.6. The zero-order chi connectivity index (χ0) is 13.8. The van der Waals surface area contributed by atoms with E-state index in [4.69, 9.17) is 0 Å². The first-order valence-corrected chi connectivity index (χ1v) is 6.82. The molecule has 0 bridgehead atoms. The highest BCUT2D eigenvalue weighted by atomic mass is 32.1. The SMILES string of the molecule is CC(C)CNc1ncc(-c2cccc([N+](=O)[O-])c2)s1. The van der Waals surface area contributed by atoms with Crippen LogP contribution >= 0.6 is 11.3 Å². The van der Waals surface area contributed by atoms with E-state index in [1.54, 1.807) is 18.3 Å². The number of rotatable bonds is 5. The third-order valence-electron chi connectivity index (χ3n) is 2.51. The molecule has 5 nitrogen and oxygen atoms in total. The Balaban J connectivity index is 2.18. The summed E-state index contributed by atoms with van der Waals surface area (Å²) in [6.07, 6.45) is 1.74. The maximum atomic E-state index is 10.7. The minimum atomic E-state index is -0.386. The van der Waals surface area contributed by atoms with Crippen LogP contribution in [-0.4, -0.2) is 16.5 Å². The lowest BCUT2D eigenvalue weighted by molar-refractivity contribution is -0.384. The van der Waals surface area contributed by atoms with Gasteiger partial charge in [-0.3, -0.25) is 10.1 Å². The van der Waals surface area contributed by atoms with Crippen LogP contribution in [-0.2, 0) is 0 Å². The summed E-state index contributed by atoms with van der Waals surface area (Å²) >= 11 is 1.50. The normalized spacial score (nSPS) is 10.7. The largest absolute Gasteiger partial charge is 0.361 e. The Morgan fingerprint density at radius 2 is 2.26 bits per heavy atom. The van der Waals surface area contributed by atoms with Crippen LogP contribution in [0.3, 0.4) is 0 Å². The number of nitro groups is 1. The Labute approximate surface area is 115 Å². The van der Waals surface area contributed by atoms with Crippen LogP contribution in [0.2, 0.25) is 0 Å². The molecule has 0 spiro atoms. The minimum absolute atomic E-state index is 0.0996. The molecular formula is C13H15N3O2S. The Morgan fingerprint density at radius 1 is 1.47 bits per heavy atom. The number of nitrogens with one attached hydrogen (secondary N) is 1. The van der Waals surface area contributed by atoms with Gasteiger partial charge in [-0.25, -0.2) is 4.98 Å². The van der Waals surface area contributed by atoms with Crippen molar-refractivity contribution in [2.45, 2.75) is 13.8 Å². The average Bonchev–Trinajstić information content (AvgIpc) is 2.85. The second-order valence-electron chi connectivity index (χ2n) is 4.61. The van der Waals surface area contributed by atoms with Gasteiger partial charge in [-0.1, -0.05) is 37.3 Å². The highest BCUT2D eigenvalue weighted by molar-refractivity contribution is 7.18. The molecule has 19 heavy (non-hydrogen) atoms. The van der Waals surface area contributed by atoms with Gasteiger partial charge in [-0.15, -0.1) is 0 Å². The van der Waals surface area contributed by atoms with Crippen LogP contribution in [0.15, 0.2) is 30.5 Å². The van der Waals surface area contributed by atoms with E-state index in [0.29, 0.717) is 5.92 Å². The zero-order valence-corrected chi connectivity index (χ0v) is 11.6. The molecule has 0 atom stereocenters. The number of hydrogen-bond acceptors (Lipinski definition) is 5. The van der Waals surface area contributed by atoms with Crippen molar-refractivity contribution < 1.29 is 4.92 Å². The monoisotopic (exact) mass is 277 g/mol. The first-order chi connectivity index (χ1) is 9.06. The van der Waals surface area contributed by atoms with Gasteiger partial charge in [0.2, 0.25) is 0 Å². The molecule has 0 aliphatic heterocycles. The van der Waals surface area contributed by atoms with E-state index in [1.807, 2.05) is 6.07 Å². The number of non-ortho nitro benzene ring substituents is 1. The lowest BCUT2D eigenvalue weighted by atomic mass is 10.2. The van der Waals surface area contributed by atoms with E-state index < -0.39 is 0 Å². The van der Waals surface area contributed by atoms with Crippen molar-refractivity contribution in [1.82, 2.24) is 4.98 Å². The highest BCUT2D eigenvalue weighted by Gasteiger charge is 2.09. The Morgan fingerprint density at radius 3 is 2.95 bits per heavy atom. The van der Waals surface area contributed by atoms with Crippen LogP contribution in [0.4, 0.5) is 10.8 Å². The highest BCUT2D eigenvalue weighted by Crippen LogP contribution is 2.30. The van der Waals surface area contributed by atoms with Crippen LogP contribution in [0.25, 0.3) is 10.4 Å². The minimum Gasteiger partial charge on any atom is -0.361 e. The number of anilines is 1. The fourth-order valence-corrected chi connectivity index (χ4v) is 2.37. The zero-order valence-electron chi connectivity index (χ0n) is 10.8. The summed E-state index contributed by atoms with van der Waals surface area (Å²) in [5.41, 5.74) is 0.923. The molecule has 0 radical (unpaired) electrons. The number of nitro benzene ring substituents is 1. The molecule has 1 heterocycles. The van der Waals surface area contributed by atoms with Gasteiger partial charge in [0, 0.05) is 30.4 Å². The van der Waals surface area contributed by atoms with Gasteiger partial charge in [0.1, 0.15) is 0 Å². The van der Waals surface area contributed by atoms with Gasteiger partial charge >= 0.3 is 0 Å². The van der Waals surface area contributed by atoms with Crippen molar-refractivity contribution in [3.63, 3.8) is 0 Å². The van der Waals surface area contributed by atoms with Crippen molar-refractivity contribution >= 4 is 22.2 Å². The van der Waals surface area contributed by atoms with Gasteiger partial charge < -0.3 is 5.32 Å². The third kappa shape index (κ3) is 3.51. The molecule has 0 saturated carbocycles. The number of hydrogen-bond donors (Lipinski definition) is 1. The predicted octanol–water partition coefficient (Wildman–Crippen LogP) is 3.79. The van der Waals surface area contributed by atoms with Crippen LogP contribution < -0.4 is 5.32 Å². The molecular weight excluding hydrogens is 262 g/mol. The van der Waals surface area contributed by atoms with Crippen molar-refractivity contribution in [3.05, 3.63) is 40.6 Å². The van der Waals surface area contributed by atoms with Crippen LogP contribution in [0.5, 0.6) is 0 Å². The van der Waals surface area contributed by atoms with Gasteiger partial charge in [0.25, 0.3) is 5.69 Å². The lowest BCUT2D eigenvalue weighted by Crippen LogP contribution is -2.07. The summed E-state index contributed by atoms with van der Waals surface area (Å²) in [6.45, 7) is 5.12. The first kappa shape index (κ1) is 13.5. The average molecular weight is 277 g/mol. The number of aromatic nitrogens is 1. The Hall–Kier alpha value is -1.95.